The van der Waals surface area contributed by atoms with Crippen molar-refractivity contribution in [2.75, 3.05) is 13.1 Å². The van der Waals surface area contributed by atoms with Gasteiger partial charge in [0, 0.05) is 31.0 Å². The number of benzene rings is 1. The summed E-state index contributed by atoms with van der Waals surface area (Å²) >= 11 is 0. The molecule has 0 aliphatic rings. The van der Waals surface area contributed by atoms with Gasteiger partial charge in [-0.3, -0.25) is 9.59 Å². The Labute approximate surface area is 146 Å². The zero-order valence-corrected chi connectivity index (χ0v) is 14.3. The zero-order chi connectivity index (χ0) is 18.2. The van der Waals surface area contributed by atoms with Gasteiger partial charge in [-0.1, -0.05) is 26.0 Å². The third-order valence-corrected chi connectivity index (χ3v) is 3.63. The van der Waals surface area contributed by atoms with E-state index in [4.69, 9.17) is 0 Å². The van der Waals surface area contributed by atoms with Gasteiger partial charge in [0.15, 0.2) is 0 Å². The first-order valence-electron chi connectivity index (χ1n) is 8.06. The number of amides is 2. The molecule has 3 N–H and O–H groups in total. The van der Waals surface area contributed by atoms with Crippen LogP contribution < -0.4 is 10.6 Å². The predicted octanol–water partition coefficient (Wildman–Crippen LogP) is 1.12. The van der Waals surface area contributed by atoms with Gasteiger partial charge in [-0.25, -0.2) is 9.97 Å². The number of carbonyl (C=O) groups excluding carboxylic acids is 2. The molecule has 1 atom stereocenters. The lowest BCUT2D eigenvalue weighted by Gasteiger charge is -2.13. The molecule has 0 spiro atoms. The number of aromatic nitrogens is 2. The van der Waals surface area contributed by atoms with E-state index in [1.54, 1.807) is 6.07 Å². The molecule has 7 nitrogen and oxygen atoms in total. The molecule has 0 saturated carbocycles. The predicted molar refractivity (Wildman–Crippen MR) is 93.2 cm³/mol. The number of rotatable bonds is 7. The summed E-state index contributed by atoms with van der Waals surface area (Å²) in [6.45, 7) is 4.17. The molecule has 0 saturated heterocycles. The maximum Gasteiger partial charge on any atom is 0.254 e. The zero-order valence-electron chi connectivity index (χ0n) is 14.3. The van der Waals surface area contributed by atoms with Gasteiger partial charge >= 0.3 is 0 Å². The standard InChI is InChI=1S/C18H22N4O3/c1-12(2)13-4-3-5-14(6-13)17(24)21-9-16(23)10-22-18(25)15-7-19-11-20-8-15/h3-8,11-12,16,23H,9-10H2,1-2H3,(H,21,24)(H,22,25)/t16-/m1/s1. The number of carbonyl (C=O) groups is 2. The van der Waals surface area contributed by atoms with E-state index >= 15 is 0 Å². The molecule has 7 heteroatoms. The van der Waals surface area contributed by atoms with Crippen LogP contribution in [0.1, 0.15) is 46.0 Å². The summed E-state index contributed by atoms with van der Waals surface area (Å²) in [5, 5.41) is 15.2. The number of aliphatic hydroxyl groups excluding tert-OH is 1. The normalized spacial score (nSPS) is 11.8. The average Bonchev–Trinajstić information content (AvgIpc) is 2.64. The highest BCUT2D eigenvalue weighted by molar-refractivity contribution is 5.94. The van der Waals surface area contributed by atoms with Crippen molar-refractivity contribution in [1.29, 1.82) is 0 Å². The van der Waals surface area contributed by atoms with Crippen molar-refractivity contribution in [2.45, 2.75) is 25.9 Å². The summed E-state index contributed by atoms with van der Waals surface area (Å²) in [5.74, 6) is -0.310. The van der Waals surface area contributed by atoms with Crippen LogP contribution in [0.2, 0.25) is 0 Å². The topological polar surface area (TPSA) is 104 Å². The molecule has 0 aliphatic carbocycles. The van der Waals surface area contributed by atoms with Crippen molar-refractivity contribution >= 4 is 11.8 Å². The molecule has 2 aromatic rings. The third-order valence-electron chi connectivity index (χ3n) is 3.63. The Morgan fingerprint density at radius 1 is 1.04 bits per heavy atom. The average molecular weight is 342 g/mol. The Morgan fingerprint density at radius 2 is 1.64 bits per heavy atom. The summed E-state index contributed by atoms with van der Waals surface area (Å²) in [6.07, 6.45) is 3.21. The van der Waals surface area contributed by atoms with Gasteiger partial charge in [0.2, 0.25) is 0 Å². The van der Waals surface area contributed by atoms with Crippen molar-refractivity contribution in [1.82, 2.24) is 20.6 Å². The van der Waals surface area contributed by atoms with Crippen LogP contribution in [0.25, 0.3) is 0 Å². The SMILES string of the molecule is CC(C)c1cccc(C(=O)NC[C@@H](O)CNC(=O)c2cncnc2)c1. The first-order valence-corrected chi connectivity index (χ1v) is 8.06. The molecule has 0 bridgehead atoms. The number of aliphatic hydroxyl groups is 1. The second kappa shape index (κ2) is 8.89. The van der Waals surface area contributed by atoms with Crippen LogP contribution in [0.5, 0.6) is 0 Å². The molecule has 2 rings (SSSR count). The maximum absolute atomic E-state index is 12.2. The first kappa shape index (κ1) is 18.5. The van der Waals surface area contributed by atoms with Crippen molar-refractivity contribution in [3.63, 3.8) is 0 Å². The molecular formula is C18H22N4O3. The van der Waals surface area contributed by atoms with Gasteiger partial charge in [-0.2, -0.15) is 0 Å². The summed E-state index contributed by atoms with van der Waals surface area (Å²) in [5.41, 5.74) is 1.93. The van der Waals surface area contributed by atoms with Crippen LogP contribution in [-0.4, -0.2) is 46.1 Å². The Bertz CT molecular complexity index is 719. The lowest BCUT2D eigenvalue weighted by atomic mass is 10.0. The summed E-state index contributed by atoms with van der Waals surface area (Å²) in [4.78, 5) is 31.5. The second-order valence-corrected chi connectivity index (χ2v) is 5.98. The lowest BCUT2D eigenvalue weighted by molar-refractivity contribution is 0.0884. The minimum Gasteiger partial charge on any atom is -0.389 e. The fourth-order valence-corrected chi connectivity index (χ4v) is 2.15. The molecule has 1 heterocycles. The van der Waals surface area contributed by atoms with E-state index in [0.29, 0.717) is 17.0 Å². The smallest absolute Gasteiger partial charge is 0.254 e. The summed E-state index contributed by atoms with van der Waals surface area (Å²) in [7, 11) is 0. The number of nitrogens with one attached hydrogen (secondary N) is 2. The molecule has 2 amide bonds. The molecule has 132 valence electrons. The Kier molecular flexibility index (Phi) is 6.59. The van der Waals surface area contributed by atoms with Gasteiger partial charge < -0.3 is 15.7 Å². The number of nitrogens with zero attached hydrogens (tertiary/aromatic N) is 2. The van der Waals surface area contributed by atoms with E-state index in [9.17, 15) is 14.7 Å². The first-order chi connectivity index (χ1) is 12.0. The lowest BCUT2D eigenvalue weighted by Crippen LogP contribution is -2.40. The number of hydrogen-bond acceptors (Lipinski definition) is 5. The Morgan fingerprint density at radius 3 is 2.24 bits per heavy atom. The fourth-order valence-electron chi connectivity index (χ4n) is 2.15. The second-order valence-electron chi connectivity index (χ2n) is 5.98. The van der Waals surface area contributed by atoms with Crippen LogP contribution in [-0.2, 0) is 0 Å². The highest BCUT2D eigenvalue weighted by Gasteiger charge is 2.12. The van der Waals surface area contributed by atoms with E-state index in [-0.39, 0.29) is 24.9 Å². The molecule has 0 radical (unpaired) electrons. The molecule has 0 fully saturated rings. The van der Waals surface area contributed by atoms with Gasteiger partial charge in [-0.05, 0) is 23.6 Å². The van der Waals surface area contributed by atoms with Crippen LogP contribution in [0.4, 0.5) is 0 Å². The van der Waals surface area contributed by atoms with Gasteiger partial charge in [0.1, 0.15) is 6.33 Å². The fraction of sp³-hybridized carbons (Fsp3) is 0.333. The van der Waals surface area contributed by atoms with E-state index in [2.05, 4.69) is 34.4 Å². The van der Waals surface area contributed by atoms with Crippen LogP contribution in [0.3, 0.4) is 0 Å². The van der Waals surface area contributed by atoms with E-state index < -0.39 is 6.10 Å². The third kappa shape index (κ3) is 5.65. The molecule has 1 aromatic heterocycles. The summed E-state index contributed by atoms with van der Waals surface area (Å²) in [6, 6.07) is 7.37. The van der Waals surface area contributed by atoms with Crippen molar-refractivity contribution in [3.8, 4) is 0 Å². The van der Waals surface area contributed by atoms with Gasteiger partial charge in [0.25, 0.3) is 11.8 Å². The minimum atomic E-state index is -0.897. The molecule has 0 aliphatic heterocycles. The van der Waals surface area contributed by atoms with Crippen molar-refractivity contribution in [3.05, 3.63) is 59.7 Å². The quantitative estimate of drug-likeness (QED) is 0.699. The molecular weight excluding hydrogens is 320 g/mol. The van der Waals surface area contributed by atoms with Crippen LogP contribution in [0.15, 0.2) is 43.0 Å². The summed E-state index contributed by atoms with van der Waals surface area (Å²) < 4.78 is 0. The van der Waals surface area contributed by atoms with E-state index in [1.165, 1.54) is 18.7 Å². The Hall–Kier alpha value is -2.80. The molecule has 0 unspecified atom stereocenters. The van der Waals surface area contributed by atoms with Crippen LogP contribution in [0, 0.1) is 0 Å². The number of hydrogen-bond donors (Lipinski definition) is 3. The maximum atomic E-state index is 12.2. The van der Waals surface area contributed by atoms with Crippen LogP contribution >= 0.6 is 0 Å². The van der Waals surface area contributed by atoms with Crippen molar-refractivity contribution < 1.29 is 14.7 Å². The van der Waals surface area contributed by atoms with Gasteiger partial charge in [0.05, 0.1) is 11.7 Å². The Balaban J connectivity index is 1.79. The largest absolute Gasteiger partial charge is 0.389 e. The van der Waals surface area contributed by atoms with E-state index in [1.807, 2.05) is 18.2 Å². The highest BCUT2D eigenvalue weighted by Crippen LogP contribution is 2.15. The van der Waals surface area contributed by atoms with Gasteiger partial charge in [-0.15, -0.1) is 0 Å². The minimum absolute atomic E-state index is 0.0139. The van der Waals surface area contributed by atoms with E-state index in [0.717, 1.165) is 5.56 Å². The molecule has 25 heavy (non-hydrogen) atoms. The monoisotopic (exact) mass is 342 g/mol. The van der Waals surface area contributed by atoms with Crippen molar-refractivity contribution in [2.24, 2.45) is 0 Å². The molecule has 1 aromatic carbocycles. The highest BCUT2D eigenvalue weighted by atomic mass is 16.3.